The number of carbonyl (C=O) groups excluding carboxylic acids is 2. The van der Waals surface area contributed by atoms with Gasteiger partial charge in [0.1, 0.15) is 17.5 Å². The van der Waals surface area contributed by atoms with Gasteiger partial charge in [-0.05, 0) is 54.3 Å². The molecule has 0 spiro atoms. The lowest BCUT2D eigenvalue weighted by Crippen LogP contribution is -2.55. The van der Waals surface area contributed by atoms with Gasteiger partial charge in [0.15, 0.2) is 0 Å². The minimum Gasteiger partial charge on any atom is -0.457 e. The zero-order valence-corrected chi connectivity index (χ0v) is 22.4. The molecule has 1 heterocycles. The third-order valence-corrected chi connectivity index (χ3v) is 8.94. The molecular formula is C28H37N3O3S2. The zero-order chi connectivity index (χ0) is 25.0. The number of hydrogen-bond donors (Lipinski definition) is 3. The van der Waals surface area contributed by atoms with E-state index in [1.54, 1.807) is 23.5 Å². The number of benzene rings is 2. The highest BCUT2D eigenvalue weighted by molar-refractivity contribution is 7.99. The number of rotatable bonds is 11. The number of carbonyl (C=O) groups is 2. The van der Waals surface area contributed by atoms with Gasteiger partial charge in [-0.2, -0.15) is 23.5 Å². The predicted octanol–water partition coefficient (Wildman–Crippen LogP) is 4.60. The molecule has 4 rings (SSSR count). The van der Waals surface area contributed by atoms with Crippen LogP contribution in [0.3, 0.4) is 0 Å². The van der Waals surface area contributed by atoms with Crippen LogP contribution in [0.15, 0.2) is 54.6 Å². The highest BCUT2D eigenvalue weighted by atomic mass is 32.2. The second-order valence-electron chi connectivity index (χ2n) is 9.46. The Balaban J connectivity index is 1.29. The molecule has 2 amide bonds. The van der Waals surface area contributed by atoms with Crippen LogP contribution in [0.4, 0.5) is 0 Å². The molecule has 1 aliphatic carbocycles. The van der Waals surface area contributed by atoms with E-state index in [1.165, 1.54) is 32.1 Å². The van der Waals surface area contributed by atoms with Crippen LogP contribution < -0.4 is 20.7 Å². The molecule has 1 aliphatic heterocycles. The highest BCUT2D eigenvalue weighted by Crippen LogP contribution is 2.27. The average Bonchev–Trinajstić information content (AvgIpc) is 2.93. The van der Waals surface area contributed by atoms with Crippen molar-refractivity contribution in [3.63, 3.8) is 0 Å². The first-order chi connectivity index (χ1) is 17.7. The maximum Gasteiger partial charge on any atom is 0.243 e. The summed E-state index contributed by atoms with van der Waals surface area (Å²) in [5, 5.41) is 9.33. The maximum absolute atomic E-state index is 13.1. The van der Waals surface area contributed by atoms with Gasteiger partial charge in [-0.3, -0.25) is 9.59 Å². The predicted molar refractivity (Wildman–Crippen MR) is 150 cm³/mol. The molecule has 0 aromatic heterocycles. The summed E-state index contributed by atoms with van der Waals surface area (Å²) in [6.07, 6.45) is 6.53. The first kappa shape index (κ1) is 26.9. The second-order valence-corrected chi connectivity index (χ2v) is 11.7. The van der Waals surface area contributed by atoms with Gasteiger partial charge in [-0.25, -0.2) is 0 Å². The fourth-order valence-corrected chi connectivity index (χ4v) is 6.71. The third-order valence-electron chi connectivity index (χ3n) is 6.60. The molecule has 2 fully saturated rings. The Morgan fingerprint density at radius 1 is 1.03 bits per heavy atom. The molecule has 0 radical (unpaired) electrons. The highest BCUT2D eigenvalue weighted by Gasteiger charge is 2.27. The van der Waals surface area contributed by atoms with Crippen LogP contribution in [0, 0.1) is 5.92 Å². The van der Waals surface area contributed by atoms with Crippen molar-refractivity contribution < 1.29 is 14.3 Å². The molecule has 8 heteroatoms. The Bertz CT molecular complexity index is 946. The molecule has 194 valence electrons. The summed E-state index contributed by atoms with van der Waals surface area (Å²) < 4.78 is 5.85. The first-order valence-corrected chi connectivity index (χ1v) is 15.3. The van der Waals surface area contributed by atoms with Crippen LogP contribution in [-0.4, -0.2) is 53.5 Å². The van der Waals surface area contributed by atoms with Gasteiger partial charge in [0.25, 0.3) is 0 Å². The Labute approximate surface area is 223 Å². The van der Waals surface area contributed by atoms with Crippen LogP contribution in [-0.2, 0) is 16.1 Å². The summed E-state index contributed by atoms with van der Waals surface area (Å²) in [4.78, 5) is 26.0. The topological polar surface area (TPSA) is 79.5 Å². The average molecular weight is 528 g/mol. The van der Waals surface area contributed by atoms with Gasteiger partial charge in [0.05, 0.1) is 6.04 Å². The number of hydrogen-bond acceptors (Lipinski definition) is 6. The Kier molecular flexibility index (Phi) is 10.9. The van der Waals surface area contributed by atoms with E-state index in [-0.39, 0.29) is 17.9 Å². The number of nitrogens with one attached hydrogen (secondary N) is 3. The van der Waals surface area contributed by atoms with Gasteiger partial charge in [0, 0.05) is 30.3 Å². The first-order valence-electron chi connectivity index (χ1n) is 13.0. The van der Waals surface area contributed by atoms with Crippen LogP contribution >= 0.6 is 23.5 Å². The molecule has 2 atom stereocenters. The Morgan fingerprint density at radius 2 is 1.78 bits per heavy atom. The summed E-state index contributed by atoms with van der Waals surface area (Å²) in [7, 11) is 0. The van der Waals surface area contributed by atoms with E-state index in [9.17, 15) is 9.59 Å². The molecular weight excluding hydrogens is 490 g/mol. The molecule has 1 saturated carbocycles. The molecule has 6 nitrogen and oxygen atoms in total. The van der Waals surface area contributed by atoms with Crippen LogP contribution in [0.5, 0.6) is 11.5 Å². The summed E-state index contributed by atoms with van der Waals surface area (Å²) in [6, 6.07) is 16.6. The van der Waals surface area contributed by atoms with E-state index in [0.717, 1.165) is 46.8 Å². The second kappa shape index (κ2) is 14.5. The molecule has 1 saturated heterocycles. The van der Waals surface area contributed by atoms with E-state index in [1.807, 2.05) is 54.6 Å². The van der Waals surface area contributed by atoms with Crippen molar-refractivity contribution in [1.29, 1.82) is 0 Å². The van der Waals surface area contributed by atoms with Gasteiger partial charge < -0.3 is 20.7 Å². The van der Waals surface area contributed by atoms with Crippen molar-refractivity contribution in [2.45, 2.75) is 50.7 Å². The van der Waals surface area contributed by atoms with Gasteiger partial charge in [-0.15, -0.1) is 0 Å². The summed E-state index contributed by atoms with van der Waals surface area (Å²) in [6.45, 7) is 1.22. The molecule has 2 aromatic carbocycles. The zero-order valence-electron chi connectivity index (χ0n) is 20.7. The van der Waals surface area contributed by atoms with Crippen molar-refractivity contribution in [3.8, 4) is 11.5 Å². The van der Waals surface area contributed by atoms with Crippen LogP contribution in [0.2, 0.25) is 0 Å². The largest absolute Gasteiger partial charge is 0.457 e. The fourth-order valence-electron chi connectivity index (χ4n) is 4.51. The molecule has 1 unspecified atom stereocenters. The van der Waals surface area contributed by atoms with Gasteiger partial charge in [-0.1, -0.05) is 49.6 Å². The molecule has 0 bridgehead atoms. The van der Waals surface area contributed by atoms with E-state index < -0.39 is 6.04 Å². The number of ether oxygens (including phenoxy) is 1. The molecule has 3 N–H and O–H groups in total. The van der Waals surface area contributed by atoms with Gasteiger partial charge >= 0.3 is 0 Å². The van der Waals surface area contributed by atoms with Crippen molar-refractivity contribution in [1.82, 2.24) is 16.0 Å². The van der Waals surface area contributed by atoms with Crippen LogP contribution in [0.1, 0.15) is 37.7 Å². The number of amides is 2. The molecule has 2 aliphatic rings. The van der Waals surface area contributed by atoms with E-state index in [2.05, 4.69) is 16.0 Å². The van der Waals surface area contributed by atoms with E-state index >= 15 is 0 Å². The van der Waals surface area contributed by atoms with Gasteiger partial charge in [0.2, 0.25) is 11.8 Å². The Morgan fingerprint density at radius 3 is 2.50 bits per heavy atom. The molecule has 36 heavy (non-hydrogen) atoms. The number of thioether (sulfide) groups is 2. The minimum absolute atomic E-state index is 0.0805. The standard InChI is InChI=1S/C28H37N3O3S2/c32-27(30-17-21-11-13-24(14-12-21)34-23-9-5-2-6-10-23)26(20-36-18-22-7-3-1-4-8-22)31-28(33)25-19-35-16-15-29-25/h2,5-6,9-14,22,25-26,29H,1,3-4,7-8,15-20H2,(H,30,32)(H,31,33)/t25?,26-/m0/s1. The van der Waals surface area contributed by atoms with Crippen molar-refractivity contribution >= 4 is 35.3 Å². The summed E-state index contributed by atoms with van der Waals surface area (Å²) >= 11 is 3.56. The lowest BCUT2D eigenvalue weighted by molar-refractivity contribution is -0.129. The summed E-state index contributed by atoms with van der Waals surface area (Å²) in [5.41, 5.74) is 0.981. The van der Waals surface area contributed by atoms with Crippen molar-refractivity contribution in [2.75, 3.05) is 29.6 Å². The van der Waals surface area contributed by atoms with Crippen molar-refractivity contribution in [2.24, 2.45) is 5.92 Å². The molecule has 2 aromatic rings. The fraction of sp³-hybridized carbons (Fsp3) is 0.500. The quantitative estimate of drug-likeness (QED) is 0.397. The normalized spacial score (nSPS) is 19.3. The van der Waals surface area contributed by atoms with Crippen molar-refractivity contribution in [3.05, 3.63) is 60.2 Å². The summed E-state index contributed by atoms with van der Waals surface area (Å²) in [5.74, 6) is 5.46. The van der Waals surface area contributed by atoms with E-state index in [4.69, 9.17) is 4.74 Å². The smallest absolute Gasteiger partial charge is 0.243 e. The minimum atomic E-state index is -0.541. The maximum atomic E-state index is 13.1. The van der Waals surface area contributed by atoms with E-state index in [0.29, 0.717) is 12.3 Å². The van der Waals surface area contributed by atoms with Crippen LogP contribution in [0.25, 0.3) is 0 Å². The monoisotopic (exact) mass is 527 g/mol. The SMILES string of the molecule is O=C(N[C@@H](CSCC1CCCCC1)C(=O)NCc1ccc(Oc2ccccc2)cc1)C1CSCCN1. The Hall–Kier alpha value is -2.16. The third kappa shape index (κ3) is 8.75. The lowest BCUT2D eigenvalue weighted by Gasteiger charge is -2.26. The lowest BCUT2D eigenvalue weighted by atomic mass is 9.91. The number of para-hydroxylation sites is 1.